The van der Waals surface area contributed by atoms with E-state index in [1.807, 2.05) is 30.3 Å². The second kappa shape index (κ2) is 6.33. The Morgan fingerprint density at radius 1 is 1.35 bits per heavy atom. The van der Waals surface area contributed by atoms with E-state index < -0.39 is 0 Å². The zero-order valence-corrected chi connectivity index (χ0v) is 12.3. The van der Waals surface area contributed by atoms with Gasteiger partial charge in [0.2, 0.25) is 0 Å². The summed E-state index contributed by atoms with van der Waals surface area (Å²) in [6.45, 7) is 1.19. The van der Waals surface area contributed by atoms with Crippen LogP contribution >= 0.6 is 11.8 Å². The number of benzene rings is 1. The predicted molar refractivity (Wildman–Crippen MR) is 78.9 cm³/mol. The zero-order chi connectivity index (χ0) is 13.8. The summed E-state index contributed by atoms with van der Waals surface area (Å²) in [7, 11) is 0. The van der Waals surface area contributed by atoms with Crippen LogP contribution in [0, 0.1) is 0 Å². The molecule has 1 saturated carbocycles. The van der Waals surface area contributed by atoms with Crippen molar-refractivity contribution in [3.05, 3.63) is 41.8 Å². The standard InChI is InChI=1S/C15H18N2O2S/c1-20-15-6-4-13(5-7-15)18-10-14-8-12(17-19-14)9-16-11-2-3-11/h4-8,11,16H,2-3,9-10H2,1H3. The van der Waals surface area contributed by atoms with Crippen LogP contribution in [0.1, 0.15) is 24.3 Å². The molecule has 5 heteroatoms. The number of rotatable bonds is 7. The highest BCUT2D eigenvalue weighted by Crippen LogP contribution is 2.21. The van der Waals surface area contributed by atoms with Gasteiger partial charge in [-0.3, -0.25) is 0 Å². The van der Waals surface area contributed by atoms with E-state index in [4.69, 9.17) is 9.26 Å². The van der Waals surface area contributed by atoms with E-state index >= 15 is 0 Å². The van der Waals surface area contributed by atoms with E-state index in [1.54, 1.807) is 11.8 Å². The van der Waals surface area contributed by atoms with Crippen molar-refractivity contribution in [3.63, 3.8) is 0 Å². The number of thioether (sulfide) groups is 1. The van der Waals surface area contributed by atoms with Crippen molar-refractivity contribution in [3.8, 4) is 5.75 Å². The van der Waals surface area contributed by atoms with Crippen molar-refractivity contribution in [2.45, 2.75) is 36.9 Å². The van der Waals surface area contributed by atoms with Gasteiger partial charge in [0.25, 0.3) is 0 Å². The first-order chi connectivity index (χ1) is 9.83. The van der Waals surface area contributed by atoms with Gasteiger partial charge in [-0.25, -0.2) is 0 Å². The van der Waals surface area contributed by atoms with Crippen molar-refractivity contribution in [1.29, 1.82) is 0 Å². The number of nitrogens with zero attached hydrogens (tertiary/aromatic N) is 1. The summed E-state index contributed by atoms with van der Waals surface area (Å²) < 4.78 is 10.9. The summed E-state index contributed by atoms with van der Waals surface area (Å²) in [4.78, 5) is 1.23. The molecule has 3 rings (SSSR count). The third-order valence-corrected chi connectivity index (χ3v) is 3.94. The normalized spacial score (nSPS) is 14.4. The molecule has 20 heavy (non-hydrogen) atoms. The highest BCUT2D eigenvalue weighted by molar-refractivity contribution is 7.98. The van der Waals surface area contributed by atoms with Crippen LogP contribution in [0.25, 0.3) is 0 Å². The van der Waals surface area contributed by atoms with E-state index in [0.29, 0.717) is 12.6 Å². The number of aromatic nitrogens is 1. The van der Waals surface area contributed by atoms with Crippen molar-refractivity contribution in [2.24, 2.45) is 0 Å². The molecule has 4 nitrogen and oxygen atoms in total. The minimum atomic E-state index is 0.412. The van der Waals surface area contributed by atoms with Crippen LogP contribution in [0.5, 0.6) is 5.75 Å². The fourth-order valence-electron chi connectivity index (χ4n) is 1.87. The molecule has 0 atom stereocenters. The van der Waals surface area contributed by atoms with Gasteiger partial charge >= 0.3 is 0 Å². The maximum atomic E-state index is 5.68. The van der Waals surface area contributed by atoms with Gasteiger partial charge in [-0.05, 0) is 43.4 Å². The lowest BCUT2D eigenvalue weighted by atomic mass is 10.3. The van der Waals surface area contributed by atoms with Crippen LogP contribution in [0.2, 0.25) is 0 Å². The Labute approximate surface area is 122 Å². The van der Waals surface area contributed by atoms with Crippen LogP contribution in [0.15, 0.2) is 39.8 Å². The molecule has 0 radical (unpaired) electrons. The summed E-state index contributed by atoms with van der Waals surface area (Å²) >= 11 is 1.72. The Balaban J connectivity index is 1.49. The monoisotopic (exact) mass is 290 g/mol. The molecule has 106 valence electrons. The Morgan fingerprint density at radius 3 is 2.85 bits per heavy atom. The molecule has 1 aliphatic rings. The largest absolute Gasteiger partial charge is 0.486 e. The highest BCUT2D eigenvalue weighted by Gasteiger charge is 2.20. The molecule has 0 spiro atoms. The van der Waals surface area contributed by atoms with E-state index in [0.717, 1.165) is 23.7 Å². The fourth-order valence-corrected chi connectivity index (χ4v) is 2.28. The number of hydrogen-bond donors (Lipinski definition) is 1. The van der Waals surface area contributed by atoms with Crippen molar-refractivity contribution >= 4 is 11.8 Å². The average Bonchev–Trinajstić information content (AvgIpc) is 3.22. The Hall–Kier alpha value is -1.46. The zero-order valence-electron chi connectivity index (χ0n) is 11.5. The Morgan fingerprint density at radius 2 is 2.15 bits per heavy atom. The minimum absolute atomic E-state index is 0.412. The summed E-state index contributed by atoms with van der Waals surface area (Å²) in [5.74, 6) is 1.60. The maximum absolute atomic E-state index is 5.68. The SMILES string of the molecule is CSc1ccc(OCc2cc(CNC3CC3)no2)cc1. The maximum Gasteiger partial charge on any atom is 0.174 e. The van der Waals surface area contributed by atoms with Crippen molar-refractivity contribution < 1.29 is 9.26 Å². The van der Waals surface area contributed by atoms with Crippen LogP contribution in [0.3, 0.4) is 0 Å². The van der Waals surface area contributed by atoms with Crippen LogP contribution < -0.4 is 10.1 Å². The molecule has 1 N–H and O–H groups in total. The molecule has 0 bridgehead atoms. The summed E-state index contributed by atoms with van der Waals surface area (Å²) in [6, 6.07) is 10.7. The lowest BCUT2D eigenvalue weighted by molar-refractivity contribution is 0.248. The smallest absolute Gasteiger partial charge is 0.174 e. The Bertz CT molecular complexity index is 549. The Kier molecular flexibility index (Phi) is 4.28. The summed E-state index contributed by atoms with van der Waals surface area (Å²) in [5, 5.41) is 7.44. The molecule has 1 fully saturated rings. The quantitative estimate of drug-likeness (QED) is 0.793. The number of ether oxygens (including phenoxy) is 1. The topological polar surface area (TPSA) is 47.3 Å². The van der Waals surface area contributed by atoms with Crippen LogP contribution in [-0.2, 0) is 13.2 Å². The lowest BCUT2D eigenvalue weighted by Gasteiger charge is -2.03. The first-order valence-electron chi connectivity index (χ1n) is 6.78. The van der Waals surface area contributed by atoms with Gasteiger partial charge in [0.15, 0.2) is 5.76 Å². The van der Waals surface area contributed by atoms with Gasteiger partial charge in [-0.15, -0.1) is 11.8 Å². The van der Waals surface area contributed by atoms with E-state index in [9.17, 15) is 0 Å². The van der Waals surface area contributed by atoms with Crippen molar-refractivity contribution in [1.82, 2.24) is 10.5 Å². The van der Waals surface area contributed by atoms with E-state index in [1.165, 1.54) is 17.7 Å². The van der Waals surface area contributed by atoms with Crippen LogP contribution in [-0.4, -0.2) is 17.5 Å². The third-order valence-electron chi connectivity index (χ3n) is 3.20. The summed E-state index contributed by atoms with van der Waals surface area (Å²) in [5.41, 5.74) is 0.938. The first-order valence-corrected chi connectivity index (χ1v) is 8.00. The van der Waals surface area contributed by atoms with E-state index in [2.05, 4.69) is 16.7 Å². The third kappa shape index (κ3) is 3.77. The first kappa shape index (κ1) is 13.5. The van der Waals surface area contributed by atoms with Gasteiger partial charge in [0.05, 0.1) is 5.69 Å². The van der Waals surface area contributed by atoms with E-state index in [-0.39, 0.29) is 0 Å². The molecule has 0 unspecified atom stereocenters. The average molecular weight is 290 g/mol. The van der Waals surface area contributed by atoms with Gasteiger partial charge in [0, 0.05) is 23.5 Å². The van der Waals surface area contributed by atoms with Gasteiger partial charge in [-0.2, -0.15) is 0 Å². The summed E-state index contributed by atoms with van der Waals surface area (Å²) in [6.07, 6.45) is 4.61. The molecular formula is C15H18N2O2S. The number of hydrogen-bond acceptors (Lipinski definition) is 5. The lowest BCUT2D eigenvalue weighted by Crippen LogP contribution is -2.15. The second-order valence-corrected chi connectivity index (χ2v) is 5.78. The van der Waals surface area contributed by atoms with Crippen LogP contribution in [0.4, 0.5) is 0 Å². The molecule has 0 saturated heterocycles. The highest BCUT2D eigenvalue weighted by atomic mass is 32.2. The molecule has 1 aliphatic carbocycles. The molecule has 0 amide bonds. The molecular weight excluding hydrogens is 272 g/mol. The van der Waals surface area contributed by atoms with Gasteiger partial charge in [-0.1, -0.05) is 5.16 Å². The molecule has 0 aliphatic heterocycles. The van der Waals surface area contributed by atoms with Gasteiger partial charge < -0.3 is 14.6 Å². The minimum Gasteiger partial charge on any atom is -0.486 e. The molecule has 1 aromatic heterocycles. The van der Waals surface area contributed by atoms with Crippen molar-refractivity contribution in [2.75, 3.05) is 6.26 Å². The number of nitrogens with one attached hydrogen (secondary N) is 1. The molecule has 1 aromatic carbocycles. The second-order valence-electron chi connectivity index (χ2n) is 4.90. The predicted octanol–water partition coefficient (Wildman–Crippen LogP) is 3.23. The van der Waals surface area contributed by atoms with Gasteiger partial charge in [0.1, 0.15) is 12.4 Å². The molecule has 1 heterocycles. The fraction of sp³-hybridized carbons (Fsp3) is 0.400. The molecule has 2 aromatic rings.